The van der Waals surface area contributed by atoms with Crippen LogP contribution in [0.3, 0.4) is 0 Å². The van der Waals surface area contributed by atoms with Gasteiger partial charge in [0.2, 0.25) is 0 Å². The number of nitrogen functional groups attached to an aromatic ring is 1. The summed E-state index contributed by atoms with van der Waals surface area (Å²) in [5.41, 5.74) is 4.08. The van der Waals surface area contributed by atoms with Gasteiger partial charge in [0, 0.05) is 5.69 Å². The molecule has 1 aromatic heterocycles. The fourth-order valence-electron chi connectivity index (χ4n) is 2.44. The molecule has 0 bridgehead atoms. The van der Waals surface area contributed by atoms with E-state index in [0.29, 0.717) is 0 Å². The van der Waals surface area contributed by atoms with Crippen molar-refractivity contribution in [3.8, 4) is 0 Å². The Labute approximate surface area is 160 Å². The van der Waals surface area contributed by atoms with Crippen molar-refractivity contribution >= 4 is 28.7 Å². The molecule has 152 valence electrons. The molecule has 11 heteroatoms. The van der Waals surface area contributed by atoms with Crippen LogP contribution in [0, 0.1) is 0 Å². The molecule has 5 nitrogen and oxygen atoms in total. The van der Waals surface area contributed by atoms with Crippen molar-refractivity contribution < 1.29 is 26.3 Å². The number of nitrogens with two attached hydrogens (primary N) is 1. The number of rotatable bonds is 4. The van der Waals surface area contributed by atoms with E-state index in [1.54, 1.807) is 0 Å². The van der Waals surface area contributed by atoms with Gasteiger partial charge in [-0.3, -0.25) is 0 Å². The number of benzene rings is 2. The molecular formula is C18H13F6N5. The Morgan fingerprint density at radius 3 is 1.90 bits per heavy atom. The summed E-state index contributed by atoms with van der Waals surface area (Å²) < 4.78 is 77.3. The Balaban J connectivity index is 1.86. The number of hydrogen-bond acceptors (Lipinski definition) is 5. The number of halogens is 6. The van der Waals surface area contributed by atoms with Crippen LogP contribution in [-0.2, 0) is 12.4 Å². The van der Waals surface area contributed by atoms with Crippen molar-refractivity contribution in [2.24, 2.45) is 0 Å². The summed E-state index contributed by atoms with van der Waals surface area (Å²) in [5, 5.41) is 5.23. The molecule has 4 N–H and O–H groups in total. The average Bonchev–Trinajstić information content (AvgIpc) is 2.64. The van der Waals surface area contributed by atoms with Gasteiger partial charge >= 0.3 is 12.4 Å². The van der Waals surface area contributed by atoms with Crippen molar-refractivity contribution in [1.29, 1.82) is 0 Å². The third-order valence-electron chi connectivity index (χ3n) is 3.84. The molecule has 0 aliphatic carbocycles. The maximum absolute atomic E-state index is 13.1. The lowest BCUT2D eigenvalue weighted by molar-refractivity contribution is -0.138. The largest absolute Gasteiger partial charge is 0.418 e. The van der Waals surface area contributed by atoms with E-state index in [1.807, 2.05) is 0 Å². The lowest BCUT2D eigenvalue weighted by Gasteiger charge is -2.16. The highest BCUT2D eigenvalue weighted by Crippen LogP contribution is 2.37. The van der Waals surface area contributed by atoms with Crippen LogP contribution in [0.1, 0.15) is 11.1 Å². The Morgan fingerprint density at radius 1 is 0.724 bits per heavy atom. The van der Waals surface area contributed by atoms with Gasteiger partial charge in [-0.05, 0) is 36.4 Å². The lowest BCUT2D eigenvalue weighted by atomic mass is 10.1. The number of para-hydroxylation sites is 1. The van der Waals surface area contributed by atoms with Crippen LogP contribution in [-0.4, -0.2) is 9.97 Å². The third kappa shape index (κ3) is 4.68. The number of nitrogens with one attached hydrogen (secondary N) is 2. The number of aromatic nitrogens is 2. The predicted octanol–water partition coefficient (Wildman–Crippen LogP) is 5.58. The first-order chi connectivity index (χ1) is 13.6. The molecule has 2 aromatic carbocycles. The molecule has 0 spiro atoms. The molecule has 0 aliphatic heterocycles. The molecule has 3 rings (SSSR count). The highest BCUT2D eigenvalue weighted by Gasteiger charge is 2.33. The van der Waals surface area contributed by atoms with Gasteiger partial charge in [0.15, 0.2) is 11.6 Å². The minimum Gasteiger partial charge on any atom is -0.393 e. The SMILES string of the molecule is Nc1c(Nc2ccc(C(F)(F)F)cc2)ncnc1Nc1ccccc1C(F)(F)F. The van der Waals surface area contributed by atoms with E-state index in [4.69, 9.17) is 5.73 Å². The maximum Gasteiger partial charge on any atom is 0.418 e. The third-order valence-corrected chi connectivity index (χ3v) is 3.84. The average molecular weight is 413 g/mol. The second-order valence-electron chi connectivity index (χ2n) is 5.85. The molecule has 3 aromatic rings. The highest BCUT2D eigenvalue weighted by atomic mass is 19.4. The molecule has 0 radical (unpaired) electrons. The molecule has 0 saturated heterocycles. The lowest BCUT2D eigenvalue weighted by Crippen LogP contribution is -2.11. The molecule has 1 heterocycles. The van der Waals surface area contributed by atoms with Crippen molar-refractivity contribution in [3.63, 3.8) is 0 Å². The minimum absolute atomic E-state index is 0.0201. The van der Waals surface area contributed by atoms with Crippen LogP contribution in [0.25, 0.3) is 0 Å². The van der Waals surface area contributed by atoms with Gasteiger partial charge in [-0.2, -0.15) is 26.3 Å². The molecule has 0 saturated carbocycles. The smallest absolute Gasteiger partial charge is 0.393 e. The Kier molecular flexibility index (Phi) is 5.23. The summed E-state index contributed by atoms with van der Waals surface area (Å²) >= 11 is 0. The number of hydrogen-bond donors (Lipinski definition) is 3. The molecule has 0 fully saturated rings. The minimum atomic E-state index is -4.59. The zero-order valence-electron chi connectivity index (χ0n) is 14.4. The first-order valence-corrected chi connectivity index (χ1v) is 8.03. The maximum atomic E-state index is 13.1. The van der Waals surface area contributed by atoms with Crippen molar-refractivity contribution in [1.82, 2.24) is 9.97 Å². The normalized spacial score (nSPS) is 11.9. The van der Waals surface area contributed by atoms with E-state index < -0.39 is 23.5 Å². The van der Waals surface area contributed by atoms with Gasteiger partial charge in [-0.25, -0.2) is 9.97 Å². The van der Waals surface area contributed by atoms with Crippen LogP contribution in [0.15, 0.2) is 54.9 Å². The highest BCUT2D eigenvalue weighted by molar-refractivity contribution is 5.80. The van der Waals surface area contributed by atoms with E-state index in [2.05, 4.69) is 20.6 Å². The Hall–Kier alpha value is -3.50. The summed E-state index contributed by atoms with van der Waals surface area (Å²) in [6.07, 6.45) is -8.01. The van der Waals surface area contributed by atoms with E-state index >= 15 is 0 Å². The van der Waals surface area contributed by atoms with Crippen molar-refractivity contribution in [2.75, 3.05) is 16.4 Å². The quantitative estimate of drug-likeness (QED) is 0.487. The van der Waals surface area contributed by atoms with Crippen LogP contribution in [0.5, 0.6) is 0 Å². The summed E-state index contributed by atoms with van der Waals surface area (Å²) in [4.78, 5) is 7.73. The fraction of sp³-hybridized carbons (Fsp3) is 0.111. The van der Waals surface area contributed by atoms with Crippen LogP contribution in [0.2, 0.25) is 0 Å². The molecule has 29 heavy (non-hydrogen) atoms. The van der Waals surface area contributed by atoms with Crippen LogP contribution < -0.4 is 16.4 Å². The van der Waals surface area contributed by atoms with Gasteiger partial charge in [-0.1, -0.05) is 12.1 Å². The Bertz CT molecular complexity index is 999. The molecule has 0 atom stereocenters. The van der Waals surface area contributed by atoms with E-state index in [0.717, 1.165) is 24.5 Å². The molecular weight excluding hydrogens is 400 g/mol. The van der Waals surface area contributed by atoms with Crippen molar-refractivity contribution in [2.45, 2.75) is 12.4 Å². The summed E-state index contributed by atoms with van der Waals surface area (Å²) in [7, 11) is 0. The zero-order chi connectivity index (χ0) is 21.2. The second kappa shape index (κ2) is 7.49. The molecule has 0 amide bonds. The number of anilines is 5. The van der Waals surface area contributed by atoms with E-state index in [1.165, 1.54) is 30.3 Å². The van der Waals surface area contributed by atoms with Gasteiger partial charge in [0.05, 0.1) is 16.8 Å². The number of nitrogens with zero attached hydrogens (tertiary/aromatic N) is 2. The van der Waals surface area contributed by atoms with Crippen LogP contribution in [0.4, 0.5) is 55.0 Å². The van der Waals surface area contributed by atoms with Gasteiger partial charge in [0.1, 0.15) is 12.0 Å². The zero-order valence-corrected chi connectivity index (χ0v) is 14.4. The van der Waals surface area contributed by atoms with Crippen molar-refractivity contribution in [3.05, 3.63) is 66.0 Å². The molecule has 0 aliphatic rings. The summed E-state index contributed by atoms with van der Waals surface area (Å²) in [5.74, 6) is -0.0714. The summed E-state index contributed by atoms with van der Waals surface area (Å²) in [6.45, 7) is 0. The van der Waals surface area contributed by atoms with Gasteiger partial charge in [0.25, 0.3) is 0 Å². The Morgan fingerprint density at radius 2 is 1.31 bits per heavy atom. The second-order valence-corrected chi connectivity index (χ2v) is 5.85. The summed E-state index contributed by atoms with van der Waals surface area (Å²) in [6, 6.07) is 8.88. The fourth-order valence-corrected chi connectivity index (χ4v) is 2.44. The first kappa shape index (κ1) is 20.2. The monoisotopic (exact) mass is 413 g/mol. The van der Waals surface area contributed by atoms with E-state index in [-0.39, 0.29) is 28.7 Å². The standard InChI is InChI=1S/C18H13F6N5/c19-17(20,21)10-5-7-11(8-6-10)28-15-14(25)16(27-9-26-15)29-13-4-2-1-3-12(13)18(22,23)24/h1-9H,25H2,(H2,26,27,28,29). The molecule has 0 unspecified atom stereocenters. The predicted molar refractivity (Wildman–Crippen MR) is 95.9 cm³/mol. The van der Waals surface area contributed by atoms with E-state index in [9.17, 15) is 26.3 Å². The van der Waals surface area contributed by atoms with Gasteiger partial charge < -0.3 is 16.4 Å². The topological polar surface area (TPSA) is 75.9 Å². The van der Waals surface area contributed by atoms with Crippen LogP contribution >= 0.6 is 0 Å². The number of alkyl halides is 6. The first-order valence-electron chi connectivity index (χ1n) is 8.03. The van der Waals surface area contributed by atoms with Gasteiger partial charge in [-0.15, -0.1) is 0 Å².